The number of halogens is 1. The molecule has 0 atom stereocenters. The fourth-order valence-corrected chi connectivity index (χ4v) is 1.71. The highest BCUT2D eigenvalue weighted by atomic mass is 19.1. The highest BCUT2D eigenvalue weighted by Crippen LogP contribution is 2.21. The Bertz CT molecular complexity index is 693. The summed E-state index contributed by atoms with van der Waals surface area (Å²) < 4.78 is 18.8. The van der Waals surface area contributed by atoms with Gasteiger partial charge in [-0.15, -0.1) is 0 Å². The van der Waals surface area contributed by atoms with E-state index in [-0.39, 0.29) is 11.3 Å². The number of rotatable bonds is 3. The van der Waals surface area contributed by atoms with E-state index in [1.165, 1.54) is 19.2 Å². The van der Waals surface area contributed by atoms with E-state index >= 15 is 0 Å². The van der Waals surface area contributed by atoms with Gasteiger partial charge in [0.1, 0.15) is 11.6 Å². The molecule has 0 spiro atoms. The Balaban J connectivity index is 2.26. The van der Waals surface area contributed by atoms with E-state index < -0.39 is 11.7 Å². The highest BCUT2D eigenvalue weighted by Gasteiger charge is 2.13. The van der Waals surface area contributed by atoms with E-state index in [2.05, 4.69) is 5.32 Å². The first-order chi connectivity index (χ1) is 9.65. The summed E-state index contributed by atoms with van der Waals surface area (Å²) >= 11 is 0. The second kappa shape index (κ2) is 5.85. The molecule has 1 amide bonds. The number of methoxy groups -OCH3 is 1. The molecule has 0 aliphatic heterocycles. The first-order valence-corrected chi connectivity index (χ1v) is 5.79. The summed E-state index contributed by atoms with van der Waals surface area (Å²) in [5.74, 6) is -0.739. The number of carbonyl (C=O) groups excluding carboxylic acids is 1. The first kappa shape index (κ1) is 13.6. The van der Waals surface area contributed by atoms with Gasteiger partial charge < -0.3 is 10.1 Å². The molecule has 0 heterocycles. The summed E-state index contributed by atoms with van der Waals surface area (Å²) in [6, 6.07) is 12.3. The van der Waals surface area contributed by atoms with Gasteiger partial charge in [-0.2, -0.15) is 5.26 Å². The summed E-state index contributed by atoms with van der Waals surface area (Å²) in [6.07, 6.45) is 0. The minimum Gasteiger partial charge on any atom is -0.496 e. The number of hydrogen-bond acceptors (Lipinski definition) is 3. The van der Waals surface area contributed by atoms with Crippen LogP contribution in [0.2, 0.25) is 0 Å². The Kier molecular flexibility index (Phi) is 3.96. The van der Waals surface area contributed by atoms with Crippen molar-refractivity contribution in [3.8, 4) is 11.8 Å². The van der Waals surface area contributed by atoms with Gasteiger partial charge in [0.2, 0.25) is 0 Å². The predicted octanol–water partition coefficient (Wildman–Crippen LogP) is 2.96. The quantitative estimate of drug-likeness (QED) is 0.932. The van der Waals surface area contributed by atoms with Gasteiger partial charge in [0.25, 0.3) is 5.91 Å². The monoisotopic (exact) mass is 270 g/mol. The van der Waals surface area contributed by atoms with Crippen molar-refractivity contribution in [1.29, 1.82) is 5.26 Å². The molecule has 2 aromatic rings. The summed E-state index contributed by atoms with van der Waals surface area (Å²) in [7, 11) is 1.45. The number of ether oxygens (including phenoxy) is 1. The lowest BCUT2D eigenvalue weighted by Gasteiger charge is -2.09. The number of para-hydroxylation sites is 1. The van der Waals surface area contributed by atoms with E-state index in [1.807, 2.05) is 6.07 Å². The van der Waals surface area contributed by atoms with Crippen LogP contribution >= 0.6 is 0 Å². The standard InChI is InChI=1S/C15H11FN2O2/c1-20-14-5-3-2-4-11(14)15(19)18-13-7-6-10(9-17)8-12(13)16/h2-8H,1H3,(H,18,19). The largest absolute Gasteiger partial charge is 0.496 e. The van der Waals surface area contributed by atoms with Gasteiger partial charge in [-0.3, -0.25) is 4.79 Å². The maximum Gasteiger partial charge on any atom is 0.259 e. The zero-order valence-corrected chi connectivity index (χ0v) is 10.7. The van der Waals surface area contributed by atoms with E-state index in [9.17, 15) is 9.18 Å². The molecule has 5 heteroatoms. The van der Waals surface area contributed by atoms with E-state index in [1.54, 1.807) is 24.3 Å². The third-order valence-corrected chi connectivity index (χ3v) is 2.70. The molecule has 100 valence electrons. The number of amides is 1. The smallest absolute Gasteiger partial charge is 0.259 e. The predicted molar refractivity (Wildman–Crippen MR) is 72.1 cm³/mol. The Morgan fingerprint density at radius 2 is 2.05 bits per heavy atom. The third-order valence-electron chi connectivity index (χ3n) is 2.70. The van der Waals surface area contributed by atoms with Crippen LogP contribution in [0.1, 0.15) is 15.9 Å². The summed E-state index contributed by atoms with van der Waals surface area (Å²) in [6.45, 7) is 0. The van der Waals surface area contributed by atoms with Crippen LogP contribution in [0.5, 0.6) is 5.75 Å². The van der Waals surface area contributed by atoms with Crippen molar-refractivity contribution in [2.24, 2.45) is 0 Å². The summed E-state index contributed by atoms with van der Waals surface area (Å²) in [5, 5.41) is 11.1. The fraction of sp³-hybridized carbons (Fsp3) is 0.0667. The number of nitriles is 1. The molecule has 20 heavy (non-hydrogen) atoms. The normalized spacial score (nSPS) is 9.65. The highest BCUT2D eigenvalue weighted by molar-refractivity contribution is 6.06. The maximum absolute atomic E-state index is 13.7. The van der Waals surface area contributed by atoms with Crippen LogP contribution in [0.15, 0.2) is 42.5 Å². The minimum atomic E-state index is -0.660. The van der Waals surface area contributed by atoms with E-state index in [0.717, 1.165) is 6.07 Å². The van der Waals surface area contributed by atoms with Gasteiger partial charge in [-0.05, 0) is 30.3 Å². The second-order valence-electron chi connectivity index (χ2n) is 3.96. The first-order valence-electron chi connectivity index (χ1n) is 5.79. The zero-order valence-electron chi connectivity index (χ0n) is 10.7. The lowest BCUT2D eigenvalue weighted by molar-refractivity contribution is 0.102. The lowest BCUT2D eigenvalue weighted by atomic mass is 10.1. The van der Waals surface area contributed by atoms with Crippen molar-refractivity contribution in [3.05, 3.63) is 59.4 Å². The zero-order chi connectivity index (χ0) is 14.5. The molecule has 0 aromatic heterocycles. The van der Waals surface area contributed by atoms with Crippen molar-refractivity contribution in [2.45, 2.75) is 0 Å². The number of nitrogens with one attached hydrogen (secondary N) is 1. The number of carbonyl (C=O) groups is 1. The molecule has 1 N–H and O–H groups in total. The van der Waals surface area contributed by atoms with Crippen molar-refractivity contribution in [1.82, 2.24) is 0 Å². The summed E-state index contributed by atoms with van der Waals surface area (Å²) in [5.41, 5.74) is 0.511. The van der Waals surface area contributed by atoms with Crippen LogP contribution < -0.4 is 10.1 Å². The molecular formula is C15H11FN2O2. The van der Waals surface area contributed by atoms with Gasteiger partial charge in [0.05, 0.1) is 30.0 Å². The number of nitrogens with zero attached hydrogens (tertiary/aromatic N) is 1. The van der Waals surface area contributed by atoms with Crippen molar-refractivity contribution in [3.63, 3.8) is 0 Å². The molecule has 0 radical (unpaired) electrons. The Hall–Kier alpha value is -2.87. The van der Waals surface area contributed by atoms with Crippen LogP contribution in [-0.2, 0) is 0 Å². The van der Waals surface area contributed by atoms with Crippen molar-refractivity contribution >= 4 is 11.6 Å². The molecule has 0 aliphatic carbocycles. The van der Waals surface area contributed by atoms with Crippen LogP contribution in [0.4, 0.5) is 10.1 Å². The van der Waals surface area contributed by atoms with Crippen LogP contribution in [0, 0.1) is 17.1 Å². The van der Waals surface area contributed by atoms with Crippen LogP contribution in [0.3, 0.4) is 0 Å². The Morgan fingerprint density at radius 1 is 1.30 bits per heavy atom. The Labute approximate surface area is 115 Å². The molecule has 0 unspecified atom stereocenters. The summed E-state index contributed by atoms with van der Waals surface area (Å²) in [4.78, 5) is 12.1. The van der Waals surface area contributed by atoms with Gasteiger partial charge >= 0.3 is 0 Å². The van der Waals surface area contributed by atoms with Gasteiger partial charge in [0.15, 0.2) is 0 Å². The third kappa shape index (κ3) is 2.75. The number of hydrogen-bond donors (Lipinski definition) is 1. The molecule has 0 saturated carbocycles. The molecule has 0 aliphatic rings. The second-order valence-corrected chi connectivity index (χ2v) is 3.96. The molecule has 2 aromatic carbocycles. The van der Waals surface area contributed by atoms with Gasteiger partial charge in [-0.1, -0.05) is 12.1 Å². The molecule has 0 saturated heterocycles. The molecule has 0 fully saturated rings. The maximum atomic E-state index is 13.7. The van der Waals surface area contributed by atoms with Crippen molar-refractivity contribution < 1.29 is 13.9 Å². The number of anilines is 1. The van der Waals surface area contributed by atoms with Crippen LogP contribution in [-0.4, -0.2) is 13.0 Å². The average Bonchev–Trinajstić information content (AvgIpc) is 2.49. The fourth-order valence-electron chi connectivity index (χ4n) is 1.71. The lowest BCUT2D eigenvalue weighted by Crippen LogP contribution is -2.14. The minimum absolute atomic E-state index is 0.0138. The van der Waals surface area contributed by atoms with Gasteiger partial charge in [-0.25, -0.2) is 4.39 Å². The molecule has 0 bridgehead atoms. The molecule has 4 nitrogen and oxygen atoms in total. The van der Waals surface area contributed by atoms with Gasteiger partial charge in [0, 0.05) is 0 Å². The van der Waals surface area contributed by atoms with Crippen LogP contribution in [0.25, 0.3) is 0 Å². The SMILES string of the molecule is COc1ccccc1C(=O)Nc1ccc(C#N)cc1F. The van der Waals surface area contributed by atoms with E-state index in [4.69, 9.17) is 10.00 Å². The Morgan fingerprint density at radius 3 is 2.70 bits per heavy atom. The van der Waals surface area contributed by atoms with Crippen molar-refractivity contribution in [2.75, 3.05) is 12.4 Å². The number of benzene rings is 2. The average molecular weight is 270 g/mol. The van der Waals surface area contributed by atoms with E-state index in [0.29, 0.717) is 11.3 Å². The topological polar surface area (TPSA) is 62.1 Å². The molecule has 2 rings (SSSR count). The molecular weight excluding hydrogens is 259 g/mol.